The van der Waals surface area contributed by atoms with Crippen LogP contribution in [-0.2, 0) is 23.9 Å². The normalized spacial score (nSPS) is 37.4. The molecule has 0 unspecified atom stereocenters. The maximum atomic E-state index is 12.4. The van der Waals surface area contributed by atoms with E-state index in [-0.39, 0.29) is 25.6 Å². The largest absolute Gasteiger partial charge is 0.481 e. The summed E-state index contributed by atoms with van der Waals surface area (Å²) in [6, 6.07) is 0. The van der Waals surface area contributed by atoms with Gasteiger partial charge in [-0.25, -0.2) is 0 Å². The van der Waals surface area contributed by atoms with Gasteiger partial charge in [0.15, 0.2) is 0 Å². The van der Waals surface area contributed by atoms with Crippen molar-refractivity contribution in [2.24, 2.45) is 11.8 Å². The van der Waals surface area contributed by atoms with Gasteiger partial charge in [0.1, 0.15) is 18.1 Å². The van der Waals surface area contributed by atoms with Crippen molar-refractivity contribution in [2.45, 2.75) is 18.6 Å². The van der Waals surface area contributed by atoms with Crippen molar-refractivity contribution >= 4 is 17.8 Å². The second-order valence-corrected chi connectivity index (χ2v) is 5.24. The molecule has 3 heterocycles. The third kappa shape index (κ3) is 1.66. The van der Waals surface area contributed by atoms with E-state index in [1.54, 1.807) is 19.1 Å². The lowest BCUT2D eigenvalue weighted by Gasteiger charge is -2.21. The molecule has 0 saturated carbocycles. The van der Waals surface area contributed by atoms with Crippen molar-refractivity contribution in [1.82, 2.24) is 4.90 Å². The van der Waals surface area contributed by atoms with E-state index in [2.05, 4.69) is 0 Å². The van der Waals surface area contributed by atoms with Gasteiger partial charge in [-0.15, -0.1) is 0 Å². The average molecular weight is 281 g/mol. The third-order valence-corrected chi connectivity index (χ3v) is 4.09. The van der Waals surface area contributed by atoms with Crippen LogP contribution in [0.15, 0.2) is 12.2 Å². The highest BCUT2D eigenvalue weighted by atomic mass is 16.5. The maximum absolute atomic E-state index is 12.4. The Kier molecular flexibility index (Phi) is 2.82. The predicted octanol–water partition coefficient (Wildman–Crippen LogP) is -0.584. The van der Waals surface area contributed by atoms with Crippen LogP contribution in [0.5, 0.6) is 0 Å². The summed E-state index contributed by atoms with van der Waals surface area (Å²) in [5.74, 6) is -3.51. The van der Waals surface area contributed by atoms with Gasteiger partial charge in [0.2, 0.25) is 5.91 Å². The lowest BCUT2D eigenvalue weighted by molar-refractivity contribution is -0.151. The first-order chi connectivity index (χ1) is 9.48. The number of nitrogens with zero attached hydrogens (tertiary/aromatic N) is 1. The van der Waals surface area contributed by atoms with Gasteiger partial charge in [-0.05, 0) is 6.92 Å². The van der Waals surface area contributed by atoms with Crippen molar-refractivity contribution in [3.05, 3.63) is 12.2 Å². The van der Waals surface area contributed by atoms with E-state index in [0.29, 0.717) is 0 Å². The minimum absolute atomic E-state index is 0.168. The molecule has 7 nitrogen and oxygen atoms in total. The Bertz CT molecular complexity index is 515. The van der Waals surface area contributed by atoms with Crippen LogP contribution in [0.4, 0.5) is 0 Å². The molecule has 1 N–H and O–H groups in total. The minimum Gasteiger partial charge on any atom is -0.481 e. The number of amides is 1. The van der Waals surface area contributed by atoms with Gasteiger partial charge < -0.3 is 19.5 Å². The Balaban J connectivity index is 1.82. The van der Waals surface area contributed by atoms with E-state index in [9.17, 15) is 19.5 Å². The van der Waals surface area contributed by atoms with Crippen molar-refractivity contribution in [3.8, 4) is 0 Å². The molecule has 2 saturated heterocycles. The van der Waals surface area contributed by atoms with Crippen LogP contribution < -0.4 is 0 Å². The van der Waals surface area contributed by atoms with Crippen molar-refractivity contribution in [1.29, 1.82) is 0 Å². The smallest absolute Gasteiger partial charge is 0.325 e. The molecule has 1 spiro atoms. The van der Waals surface area contributed by atoms with Crippen LogP contribution in [0.3, 0.4) is 0 Å². The quantitative estimate of drug-likeness (QED) is 0.547. The summed E-state index contributed by atoms with van der Waals surface area (Å²) in [6.45, 7) is 1.96. The molecular formula is C13H15NO6. The van der Waals surface area contributed by atoms with Crippen molar-refractivity contribution in [3.63, 3.8) is 0 Å². The Morgan fingerprint density at radius 3 is 3.00 bits per heavy atom. The second kappa shape index (κ2) is 4.31. The molecular weight excluding hydrogens is 266 g/mol. The van der Waals surface area contributed by atoms with E-state index in [1.165, 1.54) is 4.90 Å². The predicted molar refractivity (Wildman–Crippen MR) is 64.6 cm³/mol. The molecule has 2 bridgehead atoms. The highest BCUT2D eigenvalue weighted by Gasteiger charge is 2.67. The van der Waals surface area contributed by atoms with Crippen molar-refractivity contribution < 1.29 is 29.0 Å². The standard InChI is InChI=1S/C13H15NO6/c1-2-19-8(15)5-14-6-13-4-3-7(20-13)9(12(17)18)10(13)11(14)16/h3-4,7,9-10H,2,5-6H2,1H3,(H,17,18)/t7-,9-,10+,13-/m0/s1. The summed E-state index contributed by atoms with van der Waals surface area (Å²) in [7, 11) is 0. The zero-order valence-corrected chi connectivity index (χ0v) is 10.9. The van der Waals surface area contributed by atoms with Crippen molar-refractivity contribution in [2.75, 3.05) is 19.7 Å². The highest BCUT2D eigenvalue weighted by Crippen LogP contribution is 2.51. The molecule has 4 atom stereocenters. The summed E-state index contributed by atoms with van der Waals surface area (Å²) in [5.41, 5.74) is -0.892. The number of hydrogen-bond acceptors (Lipinski definition) is 5. The number of carboxylic acids is 1. The Morgan fingerprint density at radius 2 is 2.35 bits per heavy atom. The first kappa shape index (κ1) is 13.1. The molecule has 1 amide bonds. The number of carbonyl (C=O) groups is 3. The summed E-state index contributed by atoms with van der Waals surface area (Å²) >= 11 is 0. The van der Waals surface area contributed by atoms with Crippen LogP contribution in [0.2, 0.25) is 0 Å². The van der Waals surface area contributed by atoms with Gasteiger partial charge in [0, 0.05) is 0 Å². The summed E-state index contributed by atoms with van der Waals surface area (Å²) < 4.78 is 10.5. The second-order valence-electron chi connectivity index (χ2n) is 5.24. The minimum atomic E-state index is -1.04. The Labute approximate surface area is 115 Å². The lowest BCUT2D eigenvalue weighted by Crippen LogP contribution is -2.39. The maximum Gasteiger partial charge on any atom is 0.325 e. The number of likely N-dealkylation sites (tertiary alicyclic amines) is 1. The number of fused-ring (bicyclic) bond motifs is 1. The van der Waals surface area contributed by atoms with Gasteiger partial charge in [-0.2, -0.15) is 0 Å². The first-order valence-electron chi connectivity index (χ1n) is 6.53. The summed E-state index contributed by atoms with van der Waals surface area (Å²) in [6.07, 6.45) is 2.90. The highest BCUT2D eigenvalue weighted by molar-refractivity contribution is 5.92. The molecule has 3 aliphatic rings. The molecule has 0 aromatic heterocycles. The van der Waals surface area contributed by atoms with Gasteiger partial charge in [0.05, 0.1) is 25.2 Å². The summed E-state index contributed by atoms with van der Waals surface area (Å²) in [5, 5.41) is 9.27. The van der Waals surface area contributed by atoms with Gasteiger partial charge in [-0.3, -0.25) is 14.4 Å². The van der Waals surface area contributed by atoms with E-state index in [1.807, 2.05) is 0 Å². The van der Waals surface area contributed by atoms with Crippen LogP contribution in [0, 0.1) is 11.8 Å². The molecule has 20 heavy (non-hydrogen) atoms. The number of hydrogen-bond donors (Lipinski definition) is 1. The Morgan fingerprint density at radius 1 is 1.60 bits per heavy atom. The fraction of sp³-hybridized carbons (Fsp3) is 0.615. The number of rotatable bonds is 4. The van der Waals surface area contributed by atoms with Gasteiger partial charge in [0.25, 0.3) is 0 Å². The van der Waals surface area contributed by atoms with E-state index < -0.39 is 35.5 Å². The number of ether oxygens (including phenoxy) is 2. The van der Waals surface area contributed by atoms with E-state index in [0.717, 1.165) is 0 Å². The van der Waals surface area contributed by atoms with Crippen LogP contribution in [-0.4, -0.2) is 59.3 Å². The number of esters is 1. The molecule has 3 aliphatic heterocycles. The molecule has 0 aliphatic carbocycles. The number of carboxylic acid groups (broad SMARTS) is 1. The number of aliphatic carboxylic acids is 1. The monoisotopic (exact) mass is 281 g/mol. The van der Waals surface area contributed by atoms with E-state index in [4.69, 9.17) is 9.47 Å². The fourth-order valence-corrected chi connectivity index (χ4v) is 3.36. The molecule has 0 aromatic carbocycles. The lowest BCUT2D eigenvalue weighted by atomic mass is 9.77. The first-order valence-corrected chi connectivity index (χ1v) is 6.53. The van der Waals surface area contributed by atoms with E-state index >= 15 is 0 Å². The number of carbonyl (C=O) groups excluding carboxylic acids is 2. The fourth-order valence-electron chi connectivity index (χ4n) is 3.36. The topological polar surface area (TPSA) is 93.1 Å². The zero-order valence-electron chi connectivity index (χ0n) is 10.9. The molecule has 108 valence electrons. The molecule has 7 heteroatoms. The van der Waals surface area contributed by atoms with Gasteiger partial charge in [-0.1, -0.05) is 12.2 Å². The molecule has 2 fully saturated rings. The van der Waals surface area contributed by atoms with Crippen LogP contribution in [0.25, 0.3) is 0 Å². The molecule has 0 aromatic rings. The average Bonchev–Trinajstić information content (AvgIpc) is 2.99. The van der Waals surface area contributed by atoms with Crippen LogP contribution >= 0.6 is 0 Å². The third-order valence-electron chi connectivity index (χ3n) is 4.09. The Hall–Kier alpha value is -1.89. The van der Waals surface area contributed by atoms with Gasteiger partial charge >= 0.3 is 11.9 Å². The van der Waals surface area contributed by atoms with Crippen LogP contribution in [0.1, 0.15) is 6.92 Å². The summed E-state index contributed by atoms with van der Waals surface area (Å²) in [4.78, 5) is 36.5. The SMILES string of the molecule is CCOC(=O)CN1C[C@]23C=C[C@H](O2)[C@H](C(=O)O)[C@@H]3C1=O. The molecule has 0 radical (unpaired) electrons. The zero-order chi connectivity index (χ0) is 14.5. The molecule has 3 rings (SSSR count).